The molecule has 1 atom stereocenters. The summed E-state index contributed by atoms with van der Waals surface area (Å²) in [5.74, 6) is 0. The number of benzene rings is 1. The number of aromatic nitrogens is 2. The van der Waals surface area contributed by atoms with Gasteiger partial charge < -0.3 is 19.9 Å². The van der Waals surface area contributed by atoms with Gasteiger partial charge in [-0.2, -0.15) is 0 Å². The van der Waals surface area contributed by atoms with Crippen LogP contribution >= 0.6 is 0 Å². The van der Waals surface area contributed by atoms with Crippen molar-refractivity contribution < 1.29 is 9.53 Å². The Morgan fingerprint density at radius 1 is 1.45 bits per heavy atom. The Hall–Kier alpha value is -2.24. The van der Waals surface area contributed by atoms with E-state index in [1.165, 1.54) is 0 Å². The number of carbonyl (C=O) groups excluding carboxylic acids is 1. The number of carbonyl (C=O) groups is 1. The number of anilines is 1. The molecule has 2 heterocycles. The molecule has 1 saturated heterocycles. The zero-order valence-corrected chi connectivity index (χ0v) is 13.2. The quantitative estimate of drug-likeness (QED) is 0.895. The van der Waals surface area contributed by atoms with Crippen molar-refractivity contribution in [3.8, 4) is 0 Å². The average Bonchev–Trinajstić information content (AvgIpc) is 3.03. The van der Waals surface area contributed by atoms with Gasteiger partial charge in [0.2, 0.25) is 0 Å². The first kappa shape index (κ1) is 14.7. The number of aromatic amines is 1. The second kappa shape index (κ2) is 5.51. The summed E-state index contributed by atoms with van der Waals surface area (Å²) >= 11 is 0. The van der Waals surface area contributed by atoms with Crippen molar-refractivity contribution >= 4 is 22.8 Å². The van der Waals surface area contributed by atoms with Gasteiger partial charge in [-0.15, -0.1) is 0 Å². The van der Waals surface area contributed by atoms with E-state index in [1.807, 2.05) is 26.8 Å². The molecule has 1 aliphatic heterocycles. The van der Waals surface area contributed by atoms with Gasteiger partial charge in [-0.25, -0.2) is 9.78 Å². The molecule has 2 N–H and O–H groups in total. The number of hydrogen-bond acceptors (Lipinski definition) is 4. The van der Waals surface area contributed by atoms with Crippen LogP contribution in [0.5, 0.6) is 0 Å². The van der Waals surface area contributed by atoms with E-state index in [9.17, 15) is 4.79 Å². The molecule has 0 radical (unpaired) electrons. The lowest BCUT2D eigenvalue weighted by Gasteiger charge is -2.22. The molecule has 0 spiro atoms. The Morgan fingerprint density at radius 3 is 3.05 bits per heavy atom. The van der Waals surface area contributed by atoms with Gasteiger partial charge in [0, 0.05) is 18.8 Å². The van der Waals surface area contributed by atoms with Crippen LogP contribution in [0.1, 0.15) is 27.2 Å². The lowest BCUT2D eigenvalue weighted by Crippen LogP contribution is -2.40. The van der Waals surface area contributed by atoms with Crippen molar-refractivity contribution in [2.45, 2.75) is 38.8 Å². The maximum absolute atomic E-state index is 11.8. The first-order valence-corrected chi connectivity index (χ1v) is 7.58. The number of ether oxygens (including phenoxy) is 1. The second-order valence-electron chi connectivity index (χ2n) is 6.68. The van der Waals surface area contributed by atoms with Gasteiger partial charge in [-0.3, -0.25) is 0 Å². The number of nitrogens with one attached hydrogen (secondary N) is 2. The lowest BCUT2D eigenvalue weighted by molar-refractivity contribution is 0.0509. The van der Waals surface area contributed by atoms with Gasteiger partial charge in [0.15, 0.2) is 0 Å². The maximum Gasteiger partial charge on any atom is 0.407 e. The van der Waals surface area contributed by atoms with Crippen molar-refractivity contribution in [2.24, 2.45) is 0 Å². The smallest absolute Gasteiger partial charge is 0.407 e. The SMILES string of the molecule is CC(C)(C)OC(=O)NC1CCN(c2ccc3nc[nH]c3c2)C1. The van der Waals surface area contributed by atoms with E-state index in [0.29, 0.717) is 0 Å². The Kier molecular flexibility index (Phi) is 3.68. The van der Waals surface area contributed by atoms with E-state index < -0.39 is 5.60 Å². The van der Waals surface area contributed by atoms with Crippen LogP contribution in [0, 0.1) is 0 Å². The summed E-state index contributed by atoms with van der Waals surface area (Å²) in [5, 5.41) is 2.94. The van der Waals surface area contributed by atoms with E-state index >= 15 is 0 Å². The normalized spacial score (nSPS) is 18.7. The van der Waals surface area contributed by atoms with Crippen LogP contribution in [0.25, 0.3) is 11.0 Å². The monoisotopic (exact) mass is 302 g/mol. The summed E-state index contributed by atoms with van der Waals surface area (Å²) in [5.41, 5.74) is 2.67. The van der Waals surface area contributed by atoms with E-state index in [4.69, 9.17) is 4.74 Å². The molecule has 118 valence electrons. The van der Waals surface area contributed by atoms with Crippen molar-refractivity contribution in [2.75, 3.05) is 18.0 Å². The van der Waals surface area contributed by atoms with E-state index in [-0.39, 0.29) is 12.1 Å². The number of nitrogens with zero attached hydrogens (tertiary/aromatic N) is 2. The number of amides is 1. The molecule has 1 aliphatic rings. The maximum atomic E-state index is 11.8. The Morgan fingerprint density at radius 2 is 2.27 bits per heavy atom. The minimum Gasteiger partial charge on any atom is -0.444 e. The number of imidazole rings is 1. The molecule has 1 fully saturated rings. The third-order valence-corrected chi connectivity index (χ3v) is 3.68. The van der Waals surface area contributed by atoms with Gasteiger partial charge >= 0.3 is 6.09 Å². The molecule has 22 heavy (non-hydrogen) atoms. The first-order valence-electron chi connectivity index (χ1n) is 7.58. The van der Waals surface area contributed by atoms with Crippen LogP contribution in [0.15, 0.2) is 24.5 Å². The molecule has 0 bridgehead atoms. The Labute approximate surface area is 129 Å². The van der Waals surface area contributed by atoms with Crippen molar-refractivity contribution in [3.63, 3.8) is 0 Å². The third kappa shape index (κ3) is 3.32. The largest absolute Gasteiger partial charge is 0.444 e. The number of hydrogen-bond donors (Lipinski definition) is 2. The minimum atomic E-state index is -0.464. The Bertz CT molecular complexity index is 674. The van der Waals surface area contributed by atoms with Gasteiger partial charge in [0.25, 0.3) is 0 Å². The highest BCUT2D eigenvalue weighted by Crippen LogP contribution is 2.23. The summed E-state index contributed by atoms with van der Waals surface area (Å²) in [6.45, 7) is 7.31. The molecule has 1 aromatic heterocycles. The molecule has 6 nitrogen and oxygen atoms in total. The highest BCUT2D eigenvalue weighted by molar-refractivity contribution is 5.79. The number of fused-ring (bicyclic) bond motifs is 1. The zero-order valence-electron chi connectivity index (χ0n) is 13.2. The molecule has 1 aromatic carbocycles. The summed E-state index contributed by atoms with van der Waals surface area (Å²) < 4.78 is 5.31. The van der Waals surface area contributed by atoms with Crippen LogP contribution in [0.2, 0.25) is 0 Å². The summed E-state index contributed by atoms with van der Waals surface area (Å²) in [6.07, 6.45) is 2.27. The molecular weight excluding hydrogens is 280 g/mol. The highest BCUT2D eigenvalue weighted by atomic mass is 16.6. The van der Waals surface area contributed by atoms with Crippen molar-refractivity contribution in [1.29, 1.82) is 0 Å². The molecule has 1 amide bonds. The molecular formula is C16H22N4O2. The molecule has 2 aromatic rings. The summed E-state index contributed by atoms with van der Waals surface area (Å²) in [7, 11) is 0. The predicted octanol–water partition coefficient (Wildman–Crippen LogP) is 2.67. The Balaban J connectivity index is 1.61. The fraction of sp³-hybridized carbons (Fsp3) is 0.500. The van der Waals surface area contributed by atoms with Crippen LogP contribution in [0.3, 0.4) is 0 Å². The molecule has 3 rings (SSSR count). The average molecular weight is 302 g/mol. The molecule has 0 saturated carbocycles. The predicted molar refractivity (Wildman–Crippen MR) is 86.1 cm³/mol. The van der Waals surface area contributed by atoms with Crippen LogP contribution < -0.4 is 10.2 Å². The molecule has 0 aliphatic carbocycles. The van der Waals surface area contributed by atoms with E-state index in [1.54, 1.807) is 6.33 Å². The standard InChI is InChI=1S/C16H22N4O2/c1-16(2,3)22-15(21)19-11-6-7-20(9-11)12-4-5-13-14(8-12)18-10-17-13/h4-5,8,10-11H,6-7,9H2,1-3H3,(H,17,18)(H,19,21). The third-order valence-electron chi connectivity index (χ3n) is 3.68. The zero-order chi connectivity index (χ0) is 15.7. The second-order valence-corrected chi connectivity index (χ2v) is 6.68. The first-order chi connectivity index (χ1) is 10.4. The van der Waals surface area contributed by atoms with Crippen molar-refractivity contribution in [1.82, 2.24) is 15.3 Å². The minimum absolute atomic E-state index is 0.118. The summed E-state index contributed by atoms with van der Waals surface area (Å²) in [6, 6.07) is 6.29. The van der Waals surface area contributed by atoms with Gasteiger partial charge in [-0.05, 0) is 45.4 Å². The van der Waals surface area contributed by atoms with Crippen LogP contribution in [0.4, 0.5) is 10.5 Å². The fourth-order valence-corrected chi connectivity index (χ4v) is 2.71. The fourth-order valence-electron chi connectivity index (χ4n) is 2.71. The van der Waals surface area contributed by atoms with Gasteiger partial charge in [0.1, 0.15) is 5.60 Å². The molecule has 6 heteroatoms. The number of H-pyrrole nitrogens is 1. The number of alkyl carbamates (subject to hydrolysis) is 1. The highest BCUT2D eigenvalue weighted by Gasteiger charge is 2.26. The van der Waals surface area contributed by atoms with Gasteiger partial charge in [0.05, 0.1) is 23.4 Å². The number of rotatable bonds is 2. The van der Waals surface area contributed by atoms with Crippen LogP contribution in [-0.4, -0.2) is 40.8 Å². The van der Waals surface area contributed by atoms with E-state index in [2.05, 4.69) is 32.3 Å². The summed E-state index contributed by atoms with van der Waals surface area (Å²) in [4.78, 5) is 21.5. The topological polar surface area (TPSA) is 70.2 Å². The lowest BCUT2D eigenvalue weighted by atomic mass is 10.2. The van der Waals surface area contributed by atoms with Crippen molar-refractivity contribution in [3.05, 3.63) is 24.5 Å². The van der Waals surface area contributed by atoms with E-state index in [0.717, 1.165) is 36.2 Å². The molecule has 1 unspecified atom stereocenters. The van der Waals surface area contributed by atoms with Crippen LogP contribution in [-0.2, 0) is 4.74 Å². The van der Waals surface area contributed by atoms with Gasteiger partial charge in [-0.1, -0.05) is 0 Å².